The van der Waals surface area contributed by atoms with Crippen molar-refractivity contribution >= 4 is 5.78 Å². The third-order valence-corrected chi connectivity index (χ3v) is 2.35. The first kappa shape index (κ1) is 8.47. The number of carbonyl (C=O) groups excluding carboxylic acids is 1. The van der Waals surface area contributed by atoms with E-state index in [-0.39, 0.29) is 11.2 Å². The summed E-state index contributed by atoms with van der Waals surface area (Å²) in [5, 5.41) is 3.15. The van der Waals surface area contributed by atoms with Gasteiger partial charge in [0.2, 0.25) is 0 Å². The molecule has 2 heteroatoms. The highest BCUT2D eigenvalue weighted by atomic mass is 16.1. The molecule has 1 aliphatic carbocycles. The molecule has 1 N–H and O–H groups in total. The fraction of sp³-hybridized carbons (Fsp3) is 0.667. The molecule has 11 heavy (non-hydrogen) atoms. The Bertz CT molecular complexity index is 194. The van der Waals surface area contributed by atoms with Crippen LogP contribution in [-0.2, 0) is 4.79 Å². The van der Waals surface area contributed by atoms with E-state index in [9.17, 15) is 4.79 Å². The number of hydrogen-bond acceptors (Lipinski definition) is 2. The summed E-state index contributed by atoms with van der Waals surface area (Å²) < 4.78 is 0. The summed E-state index contributed by atoms with van der Waals surface area (Å²) in [6, 6.07) is 0.292. The normalized spacial score (nSPS) is 29.0. The summed E-state index contributed by atoms with van der Waals surface area (Å²) >= 11 is 0. The van der Waals surface area contributed by atoms with E-state index in [4.69, 9.17) is 0 Å². The fourth-order valence-corrected chi connectivity index (χ4v) is 1.43. The second-order valence-electron chi connectivity index (χ2n) is 3.67. The molecule has 0 aromatic heterocycles. The Morgan fingerprint density at radius 3 is 2.73 bits per heavy atom. The Labute approximate surface area is 67.7 Å². The first-order chi connectivity index (χ1) is 5.06. The van der Waals surface area contributed by atoms with Crippen LogP contribution >= 0.6 is 0 Å². The molecule has 1 aliphatic rings. The maximum Gasteiger partial charge on any atom is 0.156 e. The third-order valence-electron chi connectivity index (χ3n) is 2.35. The minimum Gasteiger partial charge on any atom is -0.316 e. The first-order valence-electron chi connectivity index (χ1n) is 3.95. The zero-order valence-corrected chi connectivity index (χ0v) is 7.35. The van der Waals surface area contributed by atoms with Gasteiger partial charge in [-0.2, -0.15) is 0 Å². The van der Waals surface area contributed by atoms with Gasteiger partial charge in [-0.15, -0.1) is 0 Å². The molecular weight excluding hydrogens is 138 g/mol. The quantitative estimate of drug-likeness (QED) is 0.612. The molecule has 1 rings (SSSR count). The van der Waals surface area contributed by atoms with Crippen LogP contribution in [0, 0.1) is 5.41 Å². The number of allylic oxidation sites excluding steroid dienone is 1. The number of rotatable bonds is 1. The molecule has 0 fully saturated rings. The molecule has 0 bridgehead atoms. The predicted molar refractivity (Wildman–Crippen MR) is 45.4 cm³/mol. The van der Waals surface area contributed by atoms with Gasteiger partial charge in [-0.25, -0.2) is 0 Å². The first-order valence-corrected chi connectivity index (χ1v) is 3.95. The van der Waals surface area contributed by atoms with E-state index in [1.807, 2.05) is 13.1 Å². The minimum absolute atomic E-state index is 0.114. The lowest BCUT2D eigenvalue weighted by molar-refractivity contribution is -0.116. The lowest BCUT2D eigenvalue weighted by atomic mass is 9.78. The zero-order valence-electron chi connectivity index (χ0n) is 7.35. The van der Waals surface area contributed by atoms with Crippen LogP contribution in [-0.4, -0.2) is 18.9 Å². The molecule has 2 nitrogen and oxygen atoms in total. The molecule has 0 aromatic rings. The molecule has 0 heterocycles. The van der Waals surface area contributed by atoms with Gasteiger partial charge in [0.05, 0.1) is 0 Å². The van der Waals surface area contributed by atoms with Gasteiger partial charge in [-0.05, 0) is 18.5 Å². The van der Waals surface area contributed by atoms with Crippen molar-refractivity contribution in [3.63, 3.8) is 0 Å². The highest BCUT2D eigenvalue weighted by molar-refractivity contribution is 5.91. The SMILES string of the molecule is CNC1CC(=O)C=CC1(C)C. The second kappa shape index (κ2) is 2.78. The van der Waals surface area contributed by atoms with Crippen LogP contribution in [0.5, 0.6) is 0 Å². The molecule has 1 unspecified atom stereocenters. The minimum atomic E-state index is 0.114. The summed E-state index contributed by atoms with van der Waals surface area (Å²) in [5.74, 6) is 0.226. The summed E-state index contributed by atoms with van der Waals surface area (Å²) in [6.45, 7) is 4.27. The Hall–Kier alpha value is -0.630. The summed E-state index contributed by atoms with van der Waals surface area (Å²) in [7, 11) is 1.90. The average Bonchev–Trinajstić information content (AvgIpc) is 1.94. The molecule has 1 atom stereocenters. The molecule has 0 spiro atoms. The molecular formula is C9H15NO. The van der Waals surface area contributed by atoms with E-state index in [0.29, 0.717) is 12.5 Å². The van der Waals surface area contributed by atoms with E-state index >= 15 is 0 Å². The van der Waals surface area contributed by atoms with E-state index < -0.39 is 0 Å². The van der Waals surface area contributed by atoms with Crippen molar-refractivity contribution in [3.8, 4) is 0 Å². The van der Waals surface area contributed by atoms with Gasteiger partial charge in [0.1, 0.15) is 0 Å². The standard InChI is InChI=1S/C9H15NO/c1-9(2)5-4-7(11)6-8(9)10-3/h4-5,8,10H,6H2,1-3H3. The van der Waals surface area contributed by atoms with Crippen LogP contribution in [0.2, 0.25) is 0 Å². The smallest absolute Gasteiger partial charge is 0.156 e. The molecule has 0 saturated carbocycles. The van der Waals surface area contributed by atoms with Crippen LogP contribution in [0.3, 0.4) is 0 Å². The van der Waals surface area contributed by atoms with Crippen molar-refractivity contribution < 1.29 is 4.79 Å². The van der Waals surface area contributed by atoms with Crippen molar-refractivity contribution in [2.45, 2.75) is 26.3 Å². The number of ketones is 1. The van der Waals surface area contributed by atoms with Gasteiger partial charge < -0.3 is 5.32 Å². The Morgan fingerprint density at radius 2 is 2.27 bits per heavy atom. The Balaban J connectivity index is 2.80. The van der Waals surface area contributed by atoms with Crippen LogP contribution in [0.4, 0.5) is 0 Å². The highest BCUT2D eigenvalue weighted by Gasteiger charge is 2.30. The van der Waals surface area contributed by atoms with Gasteiger partial charge in [-0.3, -0.25) is 4.79 Å². The van der Waals surface area contributed by atoms with E-state index in [1.165, 1.54) is 0 Å². The Kier molecular flexibility index (Phi) is 2.14. The van der Waals surface area contributed by atoms with Crippen LogP contribution in [0.15, 0.2) is 12.2 Å². The molecule has 0 radical (unpaired) electrons. The summed E-state index contributed by atoms with van der Waals surface area (Å²) in [5.41, 5.74) is 0.114. The van der Waals surface area contributed by atoms with Crippen LogP contribution < -0.4 is 5.32 Å². The van der Waals surface area contributed by atoms with Crippen LogP contribution in [0.25, 0.3) is 0 Å². The van der Waals surface area contributed by atoms with E-state index in [0.717, 1.165) is 0 Å². The van der Waals surface area contributed by atoms with Gasteiger partial charge in [0.25, 0.3) is 0 Å². The number of hydrogen-bond donors (Lipinski definition) is 1. The molecule has 0 aliphatic heterocycles. The topological polar surface area (TPSA) is 29.1 Å². The lowest BCUT2D eigenvalue weighted by Crippen LogP contribution is -2.42. The molecule has 0 aromatic carbocycles. The number of nitrogens with one attached hydrogen (secondary N) is 1. The van der Waals surface area contributed by atoms with Gasteiger partial charge in [0.15, 0.2) is 5.78 Å². The van der Waals surface area contributed by atoms with Crippen molar-refractivity contribution in [2.24, 2.45) is 5.41 Å². The van der Waals surface area contributed by atoms with Gasteiger partial charge >= 0.3 is 0 Å². The molecule has 62 valence electrons. The maximum absolute atomic E-state index is 11.0. The van der Waals surface area contributed by atoms with E-state index in [1.54, 1.807) is 6.08 Å². The van der Waals surface area contributed by atoms with Crippen molar-refractivity contribution in [2.75, 3.05) is 7.05 Å². The van der Waals surface area contributed by atoms with E-state index in [2.05, 4.69) is 19.2 Å². The van der Waals surface area contributed by atoms with Gasteiger partial charge in [0, 0.05) is 12.5 Å². The molecule has 0 amide bonds. The average molecular weight is 153 g/mol. The zero-order chi connectivity index (χ0) is 8.48. The maximum atomic E-state index is 11.0. The van der Waals surface area contributed by atoms with Gasteiger partial charge in [-0.1, -0.05) is 19.9 Å². The van der Waals surface area contributed by atoms with Crippen molar-refractivity contribution in [3.05, 3.63) is 12.2 Å². The third kappa shape index (κ3) is 1.69. The highest BCUT2D eigenvalue weighted by Crippen LogP contribution is 2.28. The predicted octanol–water partition coefficient (Wildman–Crippen LogP) is 1.13. The van der Waals surface area contributed by atoms with Crippen molar-refractivity contribution in [1.82, 2.24) is 5.32 Å². The lowest BCUT2D eigenvalue weighted by Gasteiger charge is -2.33. The molecule has 0 saturated heterocycles. The monoisotopic (exact) mass is 153 g/mol. The Morgan fingerprint density at radius 1 is 1.64 bits per heavy atom. The number of carbonyl (C=O) groups is 1. The summed E-state index contributed by atoms with van der Waals surface area (Å²) in [6.07, 6.45) is 4.30. The van der Waals surface area contributed by atoms with Crippen LogP contribution in [0.1, 0.15) is 20.3 Å². The summed E-state index contributed by atoms with van der Waals surface area (Å²) in [4.78, 5) is 11.0. The largest absolute Gasteiger partial charge is 0.316 e. The fourth-order valence-electron chi connectivity index (χ4n) is 1.43. The van der Waals surface area contributed by atoms with Crippen molar-refractivity contribution in [1.29, 1.82) is 0 Å². The second-order valence-corrected chi connectivity index (χ2v) is 3.67.